The number of amides is 2. The number of allylic oxidation sites excluding steroid dienone is 2. The molecule has 5 aromatic heterocycles. The monoisotopic (exact) mass is 721 g/mol. The quantitative estimate of drug-likeness (QED) is 0.125. The SMILES string of the molecule is CCn1nc(C)cc1C(=O)Cc1nc2cc(C(N)=O)cc(C)c2n1C/C=C/Cn1c2ccc(C(N)=O)cc2c2cc(C#N)c(-c3cc(C)nn3CC)nc21. The van der Waals surface area contributed by atoms with E-state index in [1.807, 2.05) is 78.8 Å². The van der Waals surface area contributed by atoms with Crippen molar-refractivity contribution in [3.8, 4) is 17.5 Å². The second kappa shape index (κ2) is 13.9. The summed E-state index contributed by atoms with van der Waals surface area (Å²) in [5.41, 5.74) is 19.3. The molecule has 0 unspecified atom stereocenters. The van der Waals surface area contributed by atoms with Crippen LogP contribution in [0, 0.1) is 32.1 Å². The van der Waals surface area contributed by atoms with Crippen molar-refractivity contribution in [2.75, 3.05) is 0 Å². The van der Waals surface area contributed by atoms with Crippen LogP contribution in [0.3, 0.4) is 0 Å². The number of primary amides is 2. The van der Waals surface area contributed by atoms with E-state index in [2.05, 4.69) is 16.3 Å². The van der Waals surface area contributed by atoms with E-state index < -0.39 is 11.8 Å². The van der Waals surface area contributed by atoms with E-state index in [0.29, 0.717) is 76.6 Å². The van der Waals surface area contributed by atoms with E-state index in [0.717, 1.165) is 39.1 Å². The highest BCUT2D eigenvalue weighted by atomic mass is 16.1. The van der Waals surface area contributed by atoms with Crippen LogP contribution in [0.2, 0.25) is 0 Å². The maximum absolute atomic E-state index is 13.6. The van der Waals surface area contributed by atoms with Gasteiger partial charge in [0.2, 0.25) is 11.8 Å². The maximum atomic E-state index is 13.6. The molecule has 0 saturated heterocycles. The summed E-state index contributed by atoms with van der Waals surface area (Å²) in [6.45, 7) is 11.5. The summed E-state index contributed by atoms with van der Waals surface area (Å²) < 4.78 is 7.53. The summed E-state index contributed by atoms with van der Waals surface area (Å²) in [6.07, 6.45) is 4.02. The number of rotatable bonds is 12. The number of aromatic nitrogens is 8. The number of nitrogens with zero attached hydrogens (tertiary/aromatic N) is 9. The lowest BCUT2D eigenvalue weighted by Crippen LogP contribution is -2.15. The number of ketones is 1. The molecule has 14 heteroatoms. The zero-order chi connectivity index (χ0) is 38.4. The van der Waals surface area contributed by atoms with Gasteiger partial charge in [-0.25, -0.2) is 9.97 Å². The van der Waals surface area contributed by atoms with Crippen LogP contribution in [0.15, 0.2) is 60.7 Å². The van der Waals surface area contributed by atoms with Gasteiger partial charge in [-0.1, -0.05) is 12.2 Å². The van der Waals surface area contributed by atoms with Crippen molar-refractivity contribution in [2.24, 2.45) is 11.5 Å². The highest BCUT2D eigenvalue weighted by Crippen LogP contribution is 2.34. The van der Waals surface area contributed by atoms with Gasteiger partial charge in [0.25, 0.3) is 0 Å². The van der Waals surface area contributed by atoms with Gasteiger partial charge in [0.05, 0.1) is 45.6 Å². The fraction of sp³-hybridized carbons (Fsp3) is 0.250. The van der Waals surface area contributed by atoms with Gasteiger partial charge >= 0.3 is 0 Å². The zero-order valence-corrected chi connectivity index (χ0v) is 30.7. The Labute approximate surface area is 310 Å². The predicted molar refractivity (Wildman–Crippen MR) is 205 cm³/mol. The molecule has 0 aliphatic heterocycles. The van der Waals surface area contributed by atoms with Gasteiger partial charge in [0.1, 0.15) is 28.9 Å². The van der Waals surface area contributed by atoms with Crippen LogP contribution in [0.4, 0.5) is 0 Å². The lowest BCUT2D eigenvalue weighted by atomic mass is 10.1. The molecule has 0 aliphatic rings. The lowest BCUT2D eigenvalue weighted by molar-refractivity contribution is 0.0975. The van der Waals surface area contributed by atoms with Crippen LogP contribution in [0.1, 0.15) is 73.4 Å². The molecule has 0 bridgehead atoms. The number of Topliss-reactive ketones (excluding diaryl/α,β-unsaturated/α-hetero) is 1. The topological polar surface area (TPSA) is 198 Å². The van der Waals surface area contributed by atoms with Crippen molar-refractivity contribution < 1.29 is 14.4 Å². The number of hydrogen-bond donors (Lipinski definition) is 2. The van der Waals surface area contributed by atoms with Gasteiger partial charge in [0, 0.05) is 48.1 Å². The fourth-order valence-corrected chi connectivity index (χ4v) is 7.21. The van der Waals surface area contributed by atoms with Crippen LogP contribution in [0.5, 0.6) is 0 Å². The van der Waals surface area contributed by atoms with Crippen LogP contribution in [-0.4, -0.2) is 56.3 Å². The van der Waals surface area contributed by atoms with E-state index in [-0.39, 0.29) is 12.2 Å². The number of carbonyl (C=O) groups excluding carboxylic acids is 3. The van der Waals surface area contributed by atoms with E-state index in [4.69, 9.17) is 21.4 Å². The molecule has 0 aliphatic carbocycles. The molecule has 7 rings (SSSR count). The van der Waals surface area contributed by atoms with Crippen molar-refractivity contribution in [1.29, 1.82) is 5.26 Å². The molecule has 2 aromatic carbocycles. The number of benzene rings is 2. The van der Waals surface area contributed by atoms with Gasteiger partial charge in [0.15, 0.2) is 5.78 Å². The van der Waals surface area contributed by atoms with E-state index in [9.17, 15) is 19.6 Å². The van der Waals surface area contributed by atoms with Gasteiger partial charge in [-0.05, 0) is 88.7 Å². The first-order valence-electron chi connectivity index (χ1n) is 17.7. The maximum Gasteiger partial charge on any atom is 0.248 e. The van der Waals surface area contributed by atoms with Crippen molar-refractivity contribution in [1.82, 2.24) is 38.7 Å². The number of pyridine rings is 1. The van der Waals surface area contributed by atoms with Gasteiger partial charge in [-0.15, -0.1) is 0 Å². The Morgan fingerprint density at radius 1 is 0.796 bits per heavy atom. The largest absolute Gasteiger partial charge is 0.366 e. The number of fused-ring (bicyclic) bond motifs is 4. The highest BCUT2D eigenvalue weighted by Gasteiger charge is 2.22. The Hall–Kier alpha value is -6.88. The minimum absolute atomic E-state index is 0.0236. The molecule has 0 fully saturated rings. The van der Waals surface area contributed by atoms with Crippen LogP contribution in [-0.2, 0) is 32.6 Å². The third-order valence-electron chi connectivity index (χ3n) is 9.63. The summed E-state index contributed by atoms with van der Waals surface area (Å²) in [6, 6.07) is 16.5. The average molecular weight is 722 g/mol. The first kappa shape index (κ1) is 35.5. The highest BCUT2D eigenvalue weighted by molar-refractivity contribution is 6.10. The number of nitrogens with two attached hydrogens (primary N) is 2. The third-order valence-corrected chi connectivity index (χ3v) is 9.63. The molecule has 2 amide bonds. The minimum Gasteiger partial charge on any atom is -0.366 e. The molecule has 4 N–H and O–H groups in total. The Morgan fingerprint density at radius 3 is 2.17 bits per heavy atom. The van der Waals surface area contributed by atoms with Crippen LogP contribution < -0.4 is 11.5 Å². The van der Waals surface area contributed by atoms with E-state index >= 15 is 0 Å². The predicted octanol–water partition coefficient (Wildman–Crippen LogP) is 5.32. The molecule has 5 heterocycles. The smallest absolute Gasteiger partial charge is 0.248 e. The fourth-order valence-electron chi connectivity index (χ4n) is 7.21. The summed E-state index contributed by atoms with van der Waals surface area (Å²) in [5.74, 6) is -0.694. The minimum atomic E-state index is -0.559. The molecule has 14 nitrogen and oxygen atoms in total. The van der Waals surface area contributed by atoms with Crippen molar-refractivity contribution in [3.63, 3.8) is 0 Å². The molecule has 7 aromatic rings. The Morgan fingerprint density at radius 2 is 1.48 bits per heavy atom. The van der Waals surface area contributed by atoms with Gasteiger partial charge in [-0.2, -0.15) is 15.5 Å². The number of carbonyl (C=O) groups is 3. The normalized spacial score (nSPS) is 11.7. The molecule has 0 radical (unpaired) electrons. The number of hydrogen-bond acceptors (Lipinski definition) is 8. The second-order valence-electron chi connectivity index (χ2n) is 13.3. The molecule has 272 valence electrons. The number of nitriles is 1. The number of aryl methyl sites for hydroxylation is 5. The Bertz CT molecular complexity index is 2750. The molecule has 54 heavy (non-hydrogen) atoms. The Kier molecular flexibility index (Phi) is 9.16. The zero-order valence-electron chi connectivity index (χ0n) is 30.7. The van der Waals surface area contributed by atoms with Crippen LogP contribution in [0.25, 0.3) is 44.4 Å². The van der Waals surface area contributed by atoms with Gasteiger partial charge < -0.3 is 20.6 Å². The molecular weight excluding hydrogens is 683 g/mol. The van der Waals surface area contributed by atoms with E-state index in [1.54, 1.807) is 35.0 Å². The third kappa shape index (κ3) is 6.19. The van der Waals surface area contributed by atoms with Crippen molar-refractivity contribution >= 4 is 50.6 Å². The summed E-state index contributed by atoms with van der Waals surface area (Å²) >= 11 is 0. The summed E-state index contributed by atoms with van der Waals surface area (Å²) in [4.78, 5) is 47.9. The average Bonchev–Trinajstić information content (AvgIpc) is 3.90. The van der Waals surface area contributed by atoms with Crippen LogP contribution >= 0.6 is 0 Å². The van der Waals surface area contributed by atoms with Crippen molar-refractivity contribution in [3.05, 3.63) is 106 Å². The molecule has 0 atom stereocenters. The first-order valence-corrected chi connectivity index (χ1v) is 17.7. The standard InChI is InChI=1S/C40H39N11O3/c1-6-50-32(15-23(4)46-50)34(52)20-35-44-30-19-26(39(43)54)14-22(3)37(30)49(35)13-9-8-12-48-31-11-10-25(38(42)53)17-28(31)29-18-27(21-41)36(45-40(29)48)33-16-24(5)47-51(33)7-2/h8-11,14-19H,6-7,12-13,20H2,1-5H3,(H2,42,53)(H2,43,54)/b9-8+. The molecule has 0 saturated carbocycles. The van der Waals surface area contributed by atoms with Crippen molar-refractivity contribution in [2.45, 2.75) is 67.2 Å². The lowest BCUT2D eigenvalue weighted by Gasteiger charge is -2.10. The second-order valence-corrected chi connectivity index (χ2v) is 13.3. The molecular formula is C40H39N11O3. The van der Waals surface area contributed by atoms with Gasteiger partial charge in [-0.3, -0.25) is 23.7 Å². The first-order chi connectivity index (χ1) is 25.9. The molecule has 0 spiro atoms. The summed E-state index contributed by atoms with van der Waals surface area (Å²) in [7, 11) is 0. The Balaban J connectivity index is 1.31. The number of imidazole rings is 1. The van der Waals surface area contributed by atoms with E-state index in [1.165, 1.54) is 0 Å². The summed E-state index contributed by atoms with van der Waals surface area (Å²) in [5, 5.41) is 20.7.